The number of hydrogen-bond donors (Lipinski definition) is 2. The lowest BCUT2D eigenvalue weighted by Gasteiger charge is -2.24. The molecule has 1 aromatic heterocycles. The third kappa shape index (κ3) is 3.30. The standard InChI is InChI=1S/C11H17N3O3/c1-4-11(3,9(15)16)14-10-12-7-6-8(13-10)17-5-2/h6-7H,4-5H2,1-3H3,(H,15,16)(H,12,13,14). The molecule has 1 unspecified atom stereocenters. The number of carboxylic acid groups (broad SMARTS) is 1. The van der Waals surface area contributed by atoms with Gasteiger partial charge in [-0.25, -0.2) is 9.78 Å². The van der Waals surface area contributed by atoms with Crippen LogP contribution in [0.25, 0.3) is 0 Å². The Morgan fingerprint density at radius 3 is 2.82 bits per heavy atom. The van der Waals surface area contributed by atoms with Crippen molar-refractivity contribution in [3.63, 3.8) is 0 Å². The monoisotopic (exact) mass is 239 g/mol. The molecule has 0 aliphatic heterocycles. The van der Waals surface area contributed by atoms with E-state index in [1.165, 1.54) is 6.20 Å². The number of anilines is 1. The number of nitrogens with zero attached hydrogens (tertiary/aromatic N) is 2. The first kappa shape index (κ1) is 13.2. The van der Waals surface area contributed by atoms with Gasteiger partial charge in [-0.15, -0.1) is 0 Å². The smallest absolute Gasteiger partial charge is 0.329 e. The Morgan fingerprint density at radius 2 is 2.29 bits per heavy atom. The minimum Gasteiger partial charge on any atom is -0.480 e. The summed E-state index contributed by atoms with van der Waals surface area (Å²) < 4.78 is 5.22. The summed E-state index contributed by atoms with van der Waals surface area (Å²) in [4.78, 5) is 19.2. The van der Waals surface area contributed by atoms with Crippen LogP contribution in [0.2, 0.25) is 0 Å². The molecule has 0 aliphatic rings. The van der Waals surface area contributed by atoms with Crippen molar-refractivity contribution in [1.82, 2.24) is 9.97 Å². The fraction of sp³-hybridized carbons (Fsp3) is 0.545. The molecule has 94 valence electrons. The molecule has 0 saturated carbocycles. The lowest BCUT2D eigenvalue weighted by atomic mass is 10.00. The van der Waals surface area contributed by atoms with Crippen LogP contribution in [0.3, 0.4) is 0 Å². The summed E-state index contributed by atoms with van der Waals surface area (Å²) in [6.07, 6.45) is 1.95. The van der Waals surface area contributed by atoms with E-state index in [0.29, 0.717) is 18.9 Å². The van der Waals surface area contributed by atoms with Crippen LogP contribution in [-0.2, 0) is 4.79 Å². The average Bonchev–Trinajstić information content (AvgIpc) is 2.29. The molecule has 1 rings (SSSR count). The van der Waals surface area contributed by atoms with Gasteiger partial charge in [0.1, 0.15) is 5.54 Å². The molecule has 0 aromatic carbocycles. The molecule has 0 bridgehead atoms. The number of rotatable bonds is 6. The van der Waals surface area contributed by atoms with Crippen LogP contribution in [0.5, 0.6) is 5.88 Å². The minimum atomic E-state index is -1.08. The molecule has 6 nitrogen and oxygen atoms in total. The first-order valence-electron chi connectivity index (χ1n) is 5.49. The van der Waals surface area contributed by atoms with Crippen molar-refractivity contribution in [1.29, 1.82) is 0 Å². The molecule has 0 saturated heterocycles. The molecule has 0 amide bonds. The summed E-state index contributed by atoms with van der Waals surface area (Å²) in [5.74, 6) is -0.262. The molecular formula is C11H17N3O3. The fourth-order valence-electron chi connectivity index (χ4n) is 1.17. The lowest BCUT2D eigenvalue weighted by Crippen LogP contribution is -2.43. The Morgan fingerprint density at radius 1 is 1.59 bits per heavy atom. The van der Waals surface area contributed by atoms with Gasteiger partial charge in [0.05, 0.1) is 6.61 Å². The van der Waals surface area contributed by atoms with Crippen molar-refractivity contribution in [2.45, 2.75) is 32.7 Å². The van der Waals surface area contributed by atoms with E-state index in [0.717, 1.165) is 0 Å². The van der Waals surface area contributed by atoms with Crippen LogP contribution in [-0.4, -0.2) is 33.2 Å². The van der Waals surface area contributed by atoms with Crippen molar-refractivity contribution in [3.8, 4) is 5.88 Å². The summed E-state index contributed by atoms with van der Waals surface area (Å²) in [7, 11) is 0. The van der Waals surface area contributed by atoms with Crippen LogP contribution in [0.15, 0.2) is 12.3 Å². The summed E-state index contributed by atoms with van der Waals surface area (Å²) in [5.41, 5.74) is -1.08. The first-order chi connectivity index (χ1) is 8.01. The summed E-state index contributed by atoms with van der Waals surface area (Å²) in [6.45, 7) is 5.72. The van der Waals surface area contributed by atoms with Crippen LogP contribution in [0, 0.1) is 0 Å². The molecule has 17 heavy (non-hydrogen) atoms. The van der Waals surface area contributed by atoms with Gasteiger partial charge in [0, 0.05) is 12.3 Å². The van der Waals surface area contributed by atoms with Crippen LogP contribution < -0.4 is 10.1 Å². The largest absolute Gasteiger partial charge is 0.480 e. The van der Waals surface area contributed by atoms with Gasteiger partial charge in [-0.1, -0.05) is 6.92 Å². The van der Waals surface area contributed by atoms with Gasteiger partial charge >= 0.3 is 5.97 Å². The quantitative estimate of drug-likeness (QED) is 0.783. The topological polar surface area (TPSA) is 84.3 Å². The van der Waals surface area contributed by atoms with Gasteiger partial charge in [0.2, 0.25) is 11.8 Å². The summed E-state index contributed by atoms with van der Waals surface area (Å²) >= 11 is 0. The lowest BCUT2D eigenvalue weighted by molar-refractivity contribution is -0.141. The summed E-state index contributed by atoms with van der Waals surface area (Å²) in [6, 6.07) is 1.62. The molecule has 2 N–H and O–H groups in total. The number of aromatic nitrogens is 2. The van der Waals surface area contributed by atoms with Gasteiger partial charge < -0.3 is 15.2 Å². The second kappa shape index (κ2) is 5.47. The highest BCUT2D eigenvalue weighted by Gasteiger charge is 2.31. The van der Waals surface area contributed by atoms with Crippen molar-refractivity contribution in [2.75, 3.05) is 11.9 Å². The van der Waals surface area contributed by atoms with E-state index in [9.17, 15) is 4.79 Å². The van der Waals surface area contributed by atoms with Gasteiger partial charge in [0.15, 0.2) is 0 Å². The van der Waals surface area contributed by atoms with Crippen molar-refractivity contribution in [2.24, 2.45) is 0 Å². The minimum absolute atomic E-state index is 0.253. The molecule has 1 heterocycles. The van der Waals surface area contributed by atoms with Gasteiger partial charge in [-0.05, 0) is 20.3 Å². The maximum Gasteiger partial charge on any atom is 0.329 e. The van der Waals surface area contributed by atoms with Gasteiger partial charge in [-0.3, -0.25) is 0 Å². The third-order valence-corrected chi connectivity index (χ3v) is 2.49. The van der Waals surface area contributed by atoms with E-state index in [1.54, 1.807) is 19.9 Å². The van der Waals surface area contributed by atoms with E-state index in [1.807, 2.05) is 6.92 Å². The maximum atomic E-state index is 11.1. The number of aliphatic carboxylic acids is 1. The Labute approximate surface area is 100 Å². The van der Waals surface area contributed by atoms with Crippen LogP contribution >= 0.6 is 0 Å². The molecule has 0 radical (unpaired) electrons. The molecule has 0 aliphatic carbocycles. The van der Waals surface area contributed by atoms with E-state index >= 15 is 0 Å². The first-order valence-corrected chi connectivity index (χ1v) is 5.49. The average molecular weight is 239 g/mol. The van der Waals surface area contributed by atoms with Crippen molar-refractivity contribution >= 4 is 11.9 Å². The molecule has 1 aromatic rings. The second-order valence-electron chi connectivity index (χ2n) is 3.77. The highest BCUT2D eigenvalue weighted by Crippen LogP contribution is 2.17. The predicted octanol–water partition coefficient (Wildman–Crippen LogP) is 1.54. The van der Waals surface area contributed by atoms with Gasteiger partial charge in [-0.2, -0.15) is 4.98 Å². The summed E-state index contributed by atoms with van der Waals surface area (Å²) in [5, 5.41) is 11.9. The zero-order chi connectivity index (χ0) is 12.9. The highest BCUT2D eigenvalue weighted by molar-refractivity contribution is 5.81. The van der Waals surface area contributed by atoms with Gasteiger partial charge in [0.25, 0.3) is 0 Å². The number of nitrogens with one attached hydrogen (secondary N) is 1. The van der Waals surface area contributed by atoms with E-state index in [-0.39, 0.29) is 5.95 Å². The van der Waals surface area contributed by atoms with E-state index in [4.69, 9.17) is 9.84 Å². The Balaban J connectivity index is 2.86. The predicted molar refractivity (Wildman–Crippen MR) is 63.2 cm³/mol. The Kier molecular flexibility index (Phi) is 4.25. The van der Waals surface area contributed by atoms with E-state index in [2.05, 4.69) is 15.3 Å². The van der Waals surface area contributed by atoms with Crippen molar-refractivity contribution in [3.05, 3.63) is 12.3 Å². The Bertz CT molecular complexity index is 397. The number of carboxylic acids is 1. The van der Waals surface area contributed by atoms with E-state index < -0.39 is 11.5 Å². The molecule has 6 heteroatoms. The zero-order valence-electron chi connectivity index (χ0n) is 10.2. The number of ether oxygens (including phenoxy) is 1. The highest BCUT2D eigenvalue weighted by atomic mass is 16.5. The van der Waals surface area contributed by atoms with Crippen LogP contribution in [0.4, 0.5) is 5.95 Å². The molecular weight excluding hydrogens is 222 g/mol. The molecule has 0 fully saturated rings. The number of carbonyl (C=O) groups is 1. The SMILES string of the molecule is CCOc1ccnc(NC(C)(CC)C(=O)O)n1. The second-order valence-corrected chi connectivity index (χ2v) is 3.77. The third-order valence-electron chi connectivity index (χ3n) is 2.49. The zero-order valence-corrected chi connectivity index (χ0v) is 10.2. The van der Waals surface area contributed by atoms with Crippen LogP contribution in [0.1, 0.15) is 27.2 Å². The van der Waals surface area contributed by atoms with Crippen molar-refractivity contribution < 1.29 is 14.6 Å². The Hall–Kier alpha value is -1.85. The normalized spacial score (nSPS) is 13.8. The number of hydrogen-bond acceptors (Lipinski definition) is 5. The fourth-order valence-corrected chi connectivity index (χ4v) is 1.17. The maximum absolute atomic E-state index is 11.1. The molecule has 0 spiro atoms. The molecule has 1 atom stereocenters.